The first-order valence-electron chi connectivity index (χ1n) is 7.30. The van der Waals surface area contributed by atoms with Crippen LogP contribution in [-0.2, 0) is 14.6 Å². The number of aryl methyl sites for hydroxylation is 1. The summed E-state index contributed by atoms with van der Waals surface area (Å²) < 4.78 is 30.5. The van der Waals surface area contributed by atoms with Crippen molar-refractivity contribution in [2.45, 2.75) is 18.7 Å². The van der Waals surface area contributed by atoms with Gasteiger partial charge in [-0.1, -0.05) is 29.8 Å². The van der Waals surface area contributed by atoms with E-state index >= 15 is 0 Å². The van der Waals surface area contributed by atoms with E-state index in [2.05, 4.69) is 0 Å². The van der Waals surface area contributed by atoms with Crippen molar-refractivity contribution in [2.24, 2.45) is 0 Å². The molecule has 2 rings (SSSR count). The second-order valence-corrected chi connectivity index (χ2v) is 8.08. The molecule has 0 heterocycles. The van der Waals surface area contributed by atoms with Crippen LogP contribution >= 0.6 is 22.6 Å². The minimum atomic E-state index is -3.59. The van der Waals surface area contributed by atoms with Crippen LogP contribution in [0.1, 0.15) is 28.4 Å². The van der Waals surface area contributed by atoms with Gasteiger partial charge in [0, 0.05) is 8.99 Å². The van der Waals surface area contributed by atoms with E-state index < -0.39 is 15.8 Å². The summed E-state index contributed by atoms with van der Waals surface area (Å²) in [5, 5.41) is 1.23. The average Bonchev–Trinajstić information content (AvgIpc) is 2.55. The summed E-state index contributed by atoms with van der Waals surface area (Å²) in [6.45, 7) is 3.97. The van der Waals surface area contributed by atoms with Gasteiger partial charge in [-0.25, -0.2) is 13.2 Å². The van der Waals surface area contributed by atoms with Gasteiger partial charge in [-0.05, 0) is 66.3 Å². The summed E-state index contributed by atoms with van der Waals surface area (Å²) in [5.41, 5.74) is 2.28. The number of hydrogen-bond donors (Lipinski definition) is 0. The molecule has 0 aliphatic heterocycles. The Morgan fingerprint density at radius 2 is 1.58 bits per heavy atom. The number of carbonyl (C=O) groups excluding carboxylic acids is 1. The Balaban J connectivity index is 2.28. The number of rotatable bonds is 5. The van der Waals surface area contributed by atoms with Gasteiger partial charge in [-0.15, -0.1) is 0 Å². The van der Waals surface area contributed by atoms with Crippen molar-refractivity contribution in [3.63, 3.8) is 0 Å². The summed E-state index contributed by atoms with van der Waals surface area (Å²) in [6.07, 6.45) is 0. The van der Waals surface area contributed by atoms with Gasteiger partial charge in [-0.2, -0.15) is 0 Å². The Labute approximate surface area is 155 Å². The van der Waals surface area contributed by atoms with Crippen LogP contribution in [0.4, 0.5) is 0 Å². The SMILES string of the molecule is CCOC(=O)c1ccc(S(=O)(=O)/C=C(/I)c2ccc(C)cc2)cc1. The highest BCUT2D eigenvalue weighted by molar-refractivity contribution is 14.1. The zero-order valence-electron chi connectivity index (χ0n) is 13.3. The molecule has 0 bridgehead atoms. The maximum absolute atomic E-state index is 12.5. The van der Waals surface area contributed by atoms with E-state index in [-0.39, 0.29) is 11.5 Å². The second kappa shape index (κ2) is 7.94. The van der Waals surface area contributed by atoms with E-state index in [1.165, 1.54) is 29.7 Å². The van der Waals surface area contributed by atoms with Crippen LogP contribution in [0.25, 0.3) is 3.58 Å². The molecule has 0 saturated heterocycles. The predicted octanol–water partition coefficient (Wildman–Crippen LogP) is 4.38. The molecule has 126 valence electrons. The highest BCUT2D eigenvalue weighted by Crippen LogP contribution is 2.26. The number of sulfone groups is 1. The third-order valence-corrected chi connectivity index (χ3v) is 6.11. The van der Waals surface area contributed by atoms with Crippen LogP contribution in [-0.4, -0.2) is 21.0 Å². The average molecular weight is 456 g/mol. The summed E-state index contributed by atoms with van der Waals surface area (Å²) >= 11 is 2.01. The van der Waals surface area contributed by atoms with Gasteiger partial charge in [0.1, 0.15) is 0 Å². The predicted molar refractivity (Wildman–Crippen MR) is 103 cm³/mol. The van der Waals surface area contributed by atoms with Gasteiger partial charge >= 0.3 is 5.97 Å². The van der Waals surface area contributed by atoms with Gasteiger partial charge in [0.2, 0.25) is 9.84 Å². The van der Waals surface area contributed by atoms with E-state index in [0.29, 0.717) is 9.14 Å². The molecule has 0 aromatic heterocycles. The Hall–Kier alpha value is -1.67. The third kappa shape index (κ3) is 4.67. The molecular weight excluding hydrogens is 439 g/mol. The number of hydrogen-bond acceptors (Lipinski definition) is 4. The van der Waals surface area contributed by atoms with E-state index in [9.17, 15) is 13.2 Å². The molecule has 0 radical (unpaired) electrons. The largest absolute Gasteiger partial charge is 0.462 e. The lowest BCUT2D eigenvalue weighted by Gasteiger charge is -2.05. The van der Waals surface area contributed by atoms with Crippen molar-refractivity contribution >= 4 is 42.0 Å². The Bertz CT molecular complexity index is 851. The standard InChI is InChI=1S/C18H17IO4S/c1-3-23-18(20)15-8-10-16(11-9-15)24(21,22)12-17(19)14-6-4-13(2)5-7-14/h4-12H,3H2,1-2H3/b17-12+. The first-order chi connectivity index (χ1) is 11.3. The molecule has 2 aromatic rings. The number of ether oxygens (including phenoxy) is 1. The molecule has 0 aliphatic carbocycles. The van der Waals surface area contributed by atoms with Crippen LogP contribution in [0.5, 0.6) is 0 Å². The molecule has 4 nitrogen and oxygen atoms in total. The second-order valence-electron chi connectivity index (χ2n) is 5.12. The Kier molecular flexibility index (Phi) is 6.17. The minimum absolute atomic E-state index is 0.136. The molecule has 0 fully saturated rings. The number of benzene rings is 2. The smallest absolute Gasteiger partial charge is 0.338 e. The lowest BCUT2D eigenvalue weighted by molar-refractivity contribution is 0.0526. The fourth-order valence-corrected chi connectivity index (χ4v) is 4.40. The molecule has 0 atom stereocenters. The van der Waals surface area contributed by atoms with Gasteiger partial charge < -0.3 is 4.74 Å². The quantitative estimate of drug-likeness (QED) is 0.495. The van der Waals surface area contributed by atoms with E-state index in [1.54, 1.807) is 6.92 Å². The van der Waals surface area contributed by atoms with Crippen molar-refractivity contribution < 1.29 is 17.9 Å². The minimum Gasteiger partial charge on any atom is -0.462 e. The molecule has 0 unspecified atom stereocenters. The van der Waals surface area contributed by atoms with E-state index in [4.69, 9.17) is 4.74 Å². The summed E-state index contributed by atoms with van der Waals surface area (Å²) in [5.74, 6) is -0.466. The molecule has 0 spiro atoms. The Morgan fingerprint density at radius 3 is 2.12 bits per heavy atom. The number of halogens is 1. The zero-order valence-corrected chi connectivity index (χ0v) is 16.3. The molecule has 2 aromatic carbocycles. The van der Waals surface area contributed by atoms with E-state index in [1.807, 2.05) is 53.8 Å². The fraction of sp³-hybridized carbons (Fsp3) is 0.167. The van der Waals surface area contributed by atoms with Crippen molar-refractivity contribution in [3.8, 4) is 0 Å². The van der Waals surface area contributed by atoms with Crippen LogP contribution in [0.15, 0.2) is 58.8 Å². The van der Waals surface area contributed by atoms with Gasteiger partial charge in [-0.3, -0.25) is 0 Å². The normalized spacial score (nSPS) is 12.0. The molecule has 0 aliphatic rings. The van der Waals surface area contributed by atoms with E-state index in [0.717, 1.165) is 11.1 Å². The summed E-state index contributed by atoms with van der Waals surface area (Å²) in [4.78, 5) is 11.7. The van der Waals surface area contributed by atoms with Crippen molar-refractivity contribution in [2.75, 3.05) is 6.61 Å². The fourth-order valence-electron chi connectivity index (χ4n) is 1.98. The molecule has 0 N–H and O–H groups in total. The van der Waals surface area contributed by atoms with Crippen LogP contribution in [0, 0.1) is 6.92 Å². The molecule has 0 saturated carbocycles. The monoisotopic (exact) mass is 456 g/mol. The molecule has 0 amide bonds. The van der Waals surface area contributed by atoms with Gasteiger partial charge in [0.25, 0.3) is 0 Å². The van der Waals surface area contributed by atoms with Gasteiger partial charge in [0.15, 0.2) is 0 Å². The number of esters is 1. The first kappa shape index (κ1) is 18.7. The van der Waals surface area contributed by atoms with Crippen LogP contribution < -0.4 is 0 Å². The summed E-state index contributed by atoms with van der Waals surface area (Å²) in [6, 6.07) is 13.4. The topological polar surface area (TPSA) is 60.4 Å². The molecule has 6 heteroatoms. The summed E-state index contributed by atoms with van der Waals surface area (Å²) in [7, 11) is -3.59. The van der Waals surface area contributed by atoms with Crippen molar-refractivity contribution in [3.05, 3.63) is 70.6 Å². The highest BCUT2D eigenvalue weighted by Gasteiger charge is 2.14. The Morgan fingerprint density at radius 1 is 1.04 bits per heavy atom. The molecular formula is C18H17IO4S. The third-order valence-electron chi connectivity index (χ3n) is 3.28. The lowest BCUT2D eigenvalue weighted by atomic mass is 10.1. The van der Waals surface area contributed by atoms with Crippen molar-refractivity contribution in [1.82, 2.24) is 0 Å². The van der Waals surface area contributed by atoms with Crippen molar-refractivity contribution in [1.29, 1.82) is 0 Å². The molecule has 24 heavy (non-hydrogen) atoms. The number of carbonyl (C=O) groups is 1. The highest BCUT2D eigenvalue weighted by atomic mass is 127. The lowest BCUT2D eigenvalue weighted by Crippen LogP contribution is -2.05. The van der Waals surface area contributed by atoms with Crippen LogP contribution in [0.3, 0.4) is 0 Å². The maximum atomic E-state index is 12.5. The van der Waals surface area contributed by atoms with Gasteiger partial charge in [0.05, 0.1) is 17.1 Å². The van der Waals surface area contributed by atoms with Crippen LogP contribution in [0.2, 0.25) is 0 Å². The first-order valence-corrected chi connectivity index (χ1v) is 9.92. The zero-order chi connectivity index (χ0) is 17.7. The maximum Gasteiger partial charge on any atom is 0.338 e.